The van der Waals surface area contributed by atoms with Gasteiger partial charge in [-0.2, -0.15) is 0 Å². The molecule has 0 heterocycles. The third kappa shape index (κ3) is 9.15. The lowest BCUT2D eigenvalue weighted by molar-refractivity contribution is -0.156. The van der Waals surface area contributed by atoms with Crippen LogP contribution in [0, 0.1) is 0 Å². The molecule has 0 saturated carbocycles. The Morgan fingerprint density at radius 2 is 1.35 bits per heavy atom. The summed E-state index contributed by atoms with van der Waals surface area (Å²) in [7, 11) is -1.90. The minimum atomic E-state index is -1.90. The number of hydrogen-bond acceptors (Lipinski definition) is 4. The molecule has 5 heteroatoms. The van der Waals surface area contributed by atoms with E-state index in [4.69, 9.17) is 9.16 Å². The molecule has 0 N–H and O–H groups in total. The number of esters is 1. The van der Waals surface area contributed by atoms with E-state index in [2.05, 4.69) is 118 Å². The average Bonchev–Trinajstić information content (AvgIpc) is 2.89. The minimum absolute atomic E-state index is 0.0704. The molecule has 0 fully saturated rings. The van der Waals surface area contributed by atoms with Gasteiger partial charge in [-0.1, -0.05) is 106 Å². The van der Waals surface area contributed by atoms with E-state index in [-0.39, 0.29) is 29.5 Å². The smallest absolute Gasteiger partial charge is 0.308 e. The van der Waals surface area contributed by atoms with Crippen LogP contribution in [-0.2, 0) is 27.1 Å². The molecule has 0 bridgehead atoms. The van der Waals surface area contributed by atoms with Gasteiger partial charge in [0, 0.05) is 18.6 Å². The van der Waals surface area contributed by atoms with Gasteiger partial charge in [0.1, 0.15) is 5.60 Å². The van der Waals surface area contributed by atoms with Gasteiger partial charge in [-0.25, -0.2) is 0 Å². The zero-order valence-electron chi connectivity index (χ0n) is 26.0. The normalized spacial score (nSPS) is 14.2. The summed E-state index contributed by atoms with van der Waals surface area (Å²) in [6.07, 6.45) is 0.258. The van der Waals surface area contributed by atoms with E-state index >= 15 is 0 Å². The average molecular weight is 560 g/mol. The number of hydrogen-bond donors (Lipinski definition) is 0. The molecule has 3 aromatic rings. The molecule has 2 atom stereocenters. The fraction of sp³-hybridized carbons (Fsp3) is 0.457. The lowest BCUT2D eigenvalue weighted by atomic mass is 9.95. The van der Waals surface area contributed by atoms with Crippen LogP contribution in [0.2, 0.25) is 18.1 Å². The van der Waals surface area contributed by atoms with Crippen molar-refractivity contribution in [3.05, 3.63) is 107 Å². The molecule has 0 aliphatic heterocycles. The third-order valence-corrected chi connectivity index (χ3v) is 12.4. The van der Waals surface area contributed by atoms with Gasteiger partial charge in [0.05, 0.1) is 13.0 Å². The zero-order valence-corrected chi connectivity index (χ0v) is 27.0. The van der Waals surface area contributed by atoms with Gasteiger partial charge >= 0.3 is 5.97 Å². The Morgan fingerprint density at radius 1 is 0.800 bits per heavy atom. The SMILES string of the molecule is C[C@@H](c1ccccc1)N(Cc1ccccc1)[C@H](CC(=O)OC(C)(C)C)c1cccc(CO[Si](C)(C)C(C)(C)C)c1. The van der Waals surface area contributed by atoms with Gasteiger partial charge in [0.15, 0.2) is 8.32 Å². The third-order valence-electron chi connectivity index (χ3n) is 7.91. The molecule has 0 spiro atoms. The van der Waals surface area contributed by atoms with Crippen molar-refractivity contribution in [1.29, 1.82) is 0 Å². The van der Waals surface area contributed by atoms with Gasteiger partial charge in [-0.15, -0.1) is 0 Å². The lowest BCUT2D eigenvalue weighted by Crippen LogP contribution is -2.40. The van der Waals surface area contributed by atoms with Crippen molar-refractivity contribution in [2.45, 2.75) is 104 Å². The van der Waals surface area contributed by atoms with Crippen LogP contribution in [0.3, 0.4) is 0 Å². The van der Waals surface area contributed by atoms with Crippen LogP contribution < -0.4 is 0 Å². The number of carbonyl (C=O) groups is 1. The summed E-state index contributed by atoms with van der Waals surface area (Å²) < 4.78 is 12.4. The van der Waals surface area contributed by atoms with Crippen LogP contribution >= 0.6 is 0 Å². The van der Waals surface area contributed by atoms with E-state index in [1.54, 1.807) is 0 Å². The number of benzene rings is 3. The van der Waals surface area contributed by atoms with Crippen molar-refractivity contribution < 1.29 is 14.0 Å². The highest BCUT2D eigenvalue weighted by Crippen LogP contribution is 2.38. The first-order chi connectivity index (χ1) is 18.7. The largest absolute Gasteiger partial charge is 0.460 e. The van der Waals surface area contributed by atoms with Crippen LogP contribution in [0.4, 0.5) is 0 Å². The van der Waals surface area contributed by atoms with Crippen molar-refractivity contribution in [2.24, 2.45) is 0 Å². The Morgan fingerprint density at radius 3 is 1.93 bits per heavy atom. The van der Waals surface area contributed by atoms with Gasteiger partial charge < -0.3 is 9.16 Å². The van der Waals surface area contributed by atoms with Crippen LogP contribution in [0.1, 0.15) is 89.2 Å². The molecule has 40 heavy (non-hydrogen) atoms. The molecule has 0 aromatic heterocycles. The van der Waals surface area contributed by atoms with E-state index in [0.717, 1.165) is 11.1 Å². The predicted octanol–water partition coefficient (Wildman–Crippen LogP) is 9.24. The summed E-state index contributed by atoms with van der Waals surface area (Å²) in [4.78, 5) is 15.8. The number of carbonyl (C=O) groups excluding carboxylic acids is 1. The lowest BCUT2D eigenvalue weighted by Gasteiger charge is -2.38. The van der Waals surface area contributed by atoms with Gasteiger partial charge in [-0.3, -0.25) is 9.69 Å². The van der Waals surface area contributed by atoms with Crippen LogP contribution in [0.25, 0.3) is 0 Å². The van der Waals surface area contributed by atoms with Crippen LogP contribution in [0.5, 0.6) is 0 Å². The fourth-order valence-electron chi connectivity index (χ4n) is 4.57. The maximum absolute atomic E-state index is 13.3. The Kier molecular flexibility index (Phi) is 10.6. The summed E-state index contributed by atoms with van der Waals surface area (Å²) >= 11 is 0. The van der Waals surface area contributed by atoms with Crippen molar-refractivity contribution >= 4 is 14.3 Å². The summed E-state index contributed by atoms with van der Waals surface area (Å²) in [5, 5.41) is 0.140. The molecule has 0 saturated heterocycles. The van der Waals surface area contributed by atoms with Gasteiger partial charge in [-0.05, 0) is 68.1 Å². The molecular formula is C35H49NO3Si. The first-order valence-corrected chi connectivity index (χ1v) is 17.4. The van der Waals surface area contributed by atoms with E-state index in [1.807, 2.05) is 32.9 Å². The second-order valence-electron chi connectivity index (χ2n) is 13.3. The Bertz CT molecular complexity index is 1210. The number of rotatable bonds is 11. The van der Waals surface area contributed by atoms with E-state index in [9.17, 15) is 4.79 Å². The quantitative estimate of drug-likeness (QED) is 0.173. The summed E-state index contributed by atoms with van der Waals surface area (Å²) in [6.45, 7) is 20.6. The monoisotopic (exact) mass is 559 g/mol. The summed E-state index contributed by atoms with van der Waals surface area (Å²) in [5.41, 5.74) is 4.10. The summed E-state index contributed by atoms with van der Waals surface area (Å²) in [5.74, 6) is -0.196. The molecule has 4 nitrogen and oxygen atoms in total. The van der Waals surface area contributed by atoms with Crippen LogP contribution in [-0.4, -0.2) is 24.8 Å². The van der Waals surface area contributed by atoms with Crippen molar-refractivity contribution in [3.8, 4) is 0 Å². The van der Waals surface area contributed by atoms with Crippen LogP contribution in [0.15, 0.2) is 84.9 Å². The topological polar surface area (TPSA) is 38.8 Å². The van der Waals surface area contributed by atoms with Crippen molar-refractivity contribution in [1.82, 2.24) is 4.90 Å². The number of nitrogens with zero attached hydrogens (tertiary/aromatic N) is 1. The molecule has 0 aliphatic rings. The fourth-order valence-corrected chi connectivity index (χ4v) is 5.53. The molecule has 0 aliphatic carbocycles. The minimum Gasteiger partial charge on any atom is -0.460 e. The number of ether oxygens (including phenoxy) is 1. The van der Waals surface area contributed by atoms with E-state index in [1.165, 1.54) is 11.1 Å². The van der Waals surface area contributed by atoms with E-state index < -0.39 is 13.9 Å². The van der Waals surface area contributed by atoms with Crippen molar-refractivity contribution in [3.63, 3.8) is 0 Å². The first-order valence-electron chi connectivity index (χ1n) is 14.5. The molecule has 216 valence electrons. The van der Waals surface area contributed by atoms with E-state index in [0.29, 0.717) is 13.2 Å². The summed E-state index contributed by atoms with van der Waals surface area (Å²) in [6, 6.07) is 29.5. The highest BCUT2D eigenvalue weighted by molar-refractivity contribution is 6.74. The first kappa shape index (κ1) is 31.8. The second kappa shape index (κ2) is 13.3. The molecule has 3 aromatic carbocycles. The Hall–Kier alpha value is -2.73. The predicted molar refractivity (Wildman–Crippen MR) is 168 cm³/mol. The molecule has 0 unspecified atom stereocenters. The van der Waals surface area contributed by atoms with Gasteiger partial charge in [0.2, 0.25) is 0 Å². The highest BCUT2D eigenvalue weighted by Gasteiger charge is 2.37. The van der Waals surface area contributed by atoms with Crippen molar-refractivity contribution in [2.75, 3.05) is 0 Å². The maximum Gasteiger partial charge on any atom is 0.308 e. The maximum atomic E-state index is 13.3. The highest BCUT2D eigenvalue weighted by atomic mass is 28.4. The molecule has 0 radical (unpaired) electrons. The molecular weight excluding hydrogens is 510 g/mol. The van der Waals surface area contributed by atoms with Gasteiger partial charge in [0.25, 0.3) is 0 Å². The Balaban J connectivity index is 2.03. The molecule has 3 rings (SSSR count). The zero-order chi connectivity index (χ0) is 29.6. The standard InChI is InChI=1S/C35H49NO3Si/c1-27(30-20-14-11-15-21-30)36(25-28-17-12-10-13-18-28)32(24-33(37)39-34(2,3)4)31-22-16-19-29(23-31)26-38-40(8,9)35(5,6)7/h10-23,27,32H,24-26H2,1-9H3/t27-,32+/m0/s1. The Labute approximate surface area is 243 Å². The molecule has 0 amide bonds. The second-order valence-corrected chi connectivity index (χ2v) is 18.2.